The molecule has 0 atom stereocenters. The van der Waals surface area contributed by atoms with E-state index in [1.807, 2.05) is 0 Å². The molecule has 3 nitrogen and oxygen atoms in total. The second-order valence-corrected chi connectivity index (χ2v) is 22.6. The van der Waals surface area contributed by atoms with E-state index in [9.17, 15) is 0 Å². The summed E-state index contributed by atoms with van der Waals surface area (Å²) in [5, 5.41) is 2.35. The van der Waals surface area contributed by atoms with Gasteiger partial charge in [0.2, 0.25) is 0 Å². The largest absolute Gasteiger partial charge is 0.310 e. The van der Waals surface area contributed by atoms with Crippen LogP contribution in [0.15, 0.2) is 309 Å². The quantitative estimate of drug-likeness (QED) is 0.158. The zero-order valence-electron chi connectivity index (χ0n) is 45.3. The first-order valence-corrected chi connectivity index (χ1v) is 28.9. The van der Waals surface area contributed by atoms with Gasteiger partial charge in [-0.3, -0.25) is 0 Å². The molecule has 2 spiro atoms. The summed E-state index contributed by atoms with van der Waals surface area (Å²) in [6.45, 7) is 0. The van der Waals surface area contributed by atoms with Gasteiger partial charge in [-0.1, -0.05) is 231 Å². The highest BCUT2D eigenvalue weighted by Gasteiger charge is 2.53. The van der Waals surface area contributed by atoms with Gasteiger partial charge in [-0.15, -0.1) is 0 Å². The Hall–Kier alpha value is -10.7. The van der Waals surface area contributed by atoms with Crippen LogP contribution in [0.25, 0.3) is 72.0 Å². The normalized spacial score (nSPS) is 13.7. The Morgan fingerprint density at radius 2 is 0.614 bits per heavy atom. The summed E-state index contributed by atoms with van der Waals surface area (Å²) in [6, 6.07) is 116. The van der Waals surface area contributed by atoms with Crippen LogP contribution in [0.1, 0.15) is 44.5 Å². The van der Waals surface area contributed by atoms with E-state index >= 15 is 0 Å². The summed E-state index contributed by atoms with van der Waals surface area (Å²) >= 11 is 0. The fourth-order valence-electron chi connectivity index (χ4n) is 15.7. The molecule has 0 amide bonds. The van der Waals surface area contributed by atoms with Crippen molar-refractivity contribution in [3.63, 3.8) is 0 Å². The highest BCUT2D eigenvalue weighted by molar-refractivity contribution is 6.18. The second kappa shape index (κ2) is 17.4. The first-order chi connectivity index (χ1) is 41.2. The van der Waals surface area contributed by atoms with Gasteiger partial charge in [-0.2, -0.15) is 0 Å². The fraction of sp³-hybridized carbons (Fsp3) is 0.0250. The third kappa shape index (κ3) is 6.12. The zero-order valence-corrected chi connectivity index (χ0v) is 45.3. The van der Waals surface area contributed by atoms with Crippen molar-refractivity contribution >= 4 is 55.9 Å². The van der Waals surface area contributed by atoms with Gasteiger partial charge in [-0.25, -0.2) is 0 Å². The highest BCUT2D eigenvalue weighted by atomic mass is 15.2. The molecule has 1 heterocycles. The maximum absolute atomic E-state index is 2.53. The predicted octanol–water partition coefficient (Wildman–Crippen LogP) is 20.4. The third-order valence-electron chi connectivity index (χ3n) is 18.8. The van der Waals surface area contributed by atoms with Gasteiger partial charge in [0.15, 0.2) is 0 Å². The van der Waals surface area contributed by atoms with Gasteiger partial charge in [0.05, 0.1) is 33.2 Å². The Morgan fingerprint density at radius 1 is 0.229 bits per heavy atom. The molecule has 1 aromatic heterocycles. The number of benzene rings is 13. The molecule has 0 bridgehead atoms. The number of rotatable bonds is 7. The molecule has 4 aliphatic rings. The Kier molecular flexibility index (Phi) is 9.64. The van der Waals surface area contributed by atoms with Crippen LogP contribution in [0.5, 0.6) is 0 Å². The number of nitrogens with zero attached hydrogens (tertiary/aromatic N) is 3. The zero-order chi connectivity index (χ0) is 54.4. The lowest BCUT2D eigenvalue weighted by molar-refractivity contribution is 0.793. The first kappa shape index (κ1) is 46.1. The summed E-state index contributed by atoms with van der Waals surface area (Å²) in [6.07, 6.45) is 0. The van der Waals surface area contributed by atoms with Gasteiger partial charge < -0.3 is 14.4 Å². The highest BCUT2D eigenvalue weighted by Crippen LogP contribution is 2.65. The van der Waals surface area contributed by atoms with Crippen LogP contribution in [-0.2, 0) is 10.8 Å². The van der Waals surface area contributed by atoms with Crippen molar-refractivity contribution in [3.8, 4) is 50.2 Å². The van der Waals surface area contributed by atoms with Gasteiger partial charge in [-0.05, 0) is 168 Å². The molecule has 0 saturated carbocycles. The fourth-order valence-corrected chi connectivity index (χ4v) is 15.7. The minimum atomic E-state index is -0.510. The van der Waals surface area contributed by atoms with Crippen LogP contribution in [-0.4, -0.2) is 4.57 Å². The summed E-state index contributed by atoms with van der Waals surface area (Å²) < 4.78 is 2.47. The molecule has 0 fully saturated rings. The monoisotopic (exact) mass is 1050 g/mol. The van der Waals surface area contributed by atoms with Crippen molar-refractivity contribution < 1.29 is 0 Å². The number of fused-ring (bicyclic) bond motifs is 23. The number of aromatic nitrogens is 1. The second-order valence-electron chi connectivity index (χ2n) is 22.6. The standard InChI is InChI=1S/C80H51N3/c1-4-24-52(25-5-1)81(56-44-46-64-62-34-14-21-41-71(62)80(74(64)49-56)69-39-19-12-32-60(69)61-33-13-20-40-70(61)80)57-50-76(78-65-36-16-23-43-75(65)83(77(78)51-57)54-28-8-3-9-29-54)82(53-26-6-2-7-27-53)55-45-47-73-66(48-55)63-35-15-22-42-72(63)79(73)67-37-17-10-30-58(67)59-31-11-18-38-68(59)79/h1-51H. The van der Waals surface area contributed by atoms with Crippen LogP contribution in [0.4, 0.5) is 34.1 Å². The molecule has 4 aliphatic carbocycles. The molecule has 0 radical (unpaired) electrons. The van der Waals surface area contributed by atoms with E-state index < -0.39 is 10.8 Å². The molecule has 0 aliphatic heterocycles. The van der Waals surface area contributed by atoms with E-state index in [2.05, 4.69) is 324 Å². The smallest absolute Gasteiger partial charge is 0.0726 e. The van der Waals surface area contributed by atoms with Crippen LogP contribution in [0.3, 0.4) is 0 Å². The van der Waals surface area contributed by atoms with Crippen LogP contribution < -0.4 is 9.80 Å². The number of anilines is 6. The van der Waals surface area contributed by atoms with E-state index in [-0.39, 0.29) is 0 Å². The Balaban J connectivity index is 0.924. The Morgan fingerprint density at radius 3 is 1.14 bits per heavy atom. The summed E-state index contributed by atoms with van der Waals surface area (Å²) in [5.74, 6) is 0. The van der Waals surface area contributed by atoms with Crippen molar-refractivity contribution in [1.82, 2.24) is 4.57 Å². The number of hydrogen-bond donors (Lipinski definition) is 0. The van der Waals surface area contributed by atoms with Crippen LogP contribution >= 0.6 is 0 Å². The molecule has 13 aromatic carbocycles. The number of hydrogen-bond acceptors (Lipinski definition) is 2. The molecule has 18 rings (SSSR count). The summed E-state index contributed by atoms with van der Waals surface area (Å²) in [5.41, 5.74) is 29.7. The van der Waals surface area contributed by atoms with Crippen molar-refractivity contribution in [3.05, 3.63) is 354 Å². The van der Waals surface area contributed by atoms with Gasteiger partial charge in [0.25, 0.3) is 0 Å². The van der Waals surface area contributed by atoms with E-state index in [4.69, 9.17) is 0 Å². The van der Waals surface area contributed by atoms with Crippen LogP contribution in [0, 0.1) is 0 Å². The Labute approximate surface area is 482 Å². The van der Waals surface area contributed by atoms with E-state index in [0.29, 0.717) is 0 Å². The summed E-state index contributed by atoms with van der Waals surface area (Å²) in [7, 11) is 0. The molecule has 14 aromatic rings. The van der Waals surface area contributed by atoms with E-state index in [0.717, 1.165) is 50.8 Å². The molecule has 0 N–H and O–H groups in total. The molecule has 83 heavy (non-hydrogen) atoms. The van der Waals surface area contributed by atoms with Crippen molar-refractivity contribution in [2.24, 2.45) is 0 Å². The molecule has 0 unspecified atom stereocenters. The van der Waals surface area contributed by atoms with Gasteiger partial charge in [0, 0.05) is 39.2 Å². The third-order valence-corrected chi connectivity index (χ3v) is 18.8. The average Bonchev–Trinajstić information content (AvgIpc) is 1.80. The lowest BCUT2D eigenvalue weighted by Gasteiger charge is -2.33. The Bertz CT molecular complexity index is 4890. The van der Waals surface area contributed by atoms with Crippen molar-refractivity contribution in [2.75, 3.05) is 9.80 Å². The lowest BCUT2D eigenvalue weighted by Crippen LogP contribution is -2.26. The lowest BCUT2D eigenvalue weighted by atomic mass is 9.70. The molecular weight excluding hydrogens is 1000 g/mol. The molecule has 386 valence electrons. The molecule has 3 heteroatoms. The van der Waals surface area contributed by atoms with Crippen molar-refractivity contribution in [1.29, 1.82) is 0 Å². The molecule has 0 saturated heterocycles. The number of para-hydroxylation sites is 4. The maximum atomic E-state index is 2.53. The average molecular weight is 1050 g/mol. The minimum Gasteiger partial charge on any atom is -0.310 e. The topological polar surface area (TPSA) is 11.4 Å². The first-order valence-electron chi connectivity index (χ1n) is 28.9. The minimum absolute atomic E-state index is 0.458. The van der Waals surface area contributed by atoms with Crippen molar-refractivity contribution in [2.45, 2.75) is 10.8 Å². The summed E-state index contributed by atoms with van der Waals surface area (Å²) in [4.78, 5) is 5.03. The SMILES string of the molecule is c1ccc(N(c2ccc3c(c2)C2(c4ccccc4-c4ccccc42)c2ccccc2-3)c2cc(N(c3ccccc3)c3ccc4c(c3)-c3ccccc3C43c4ccccc4-c4ccccc43)c3c4ccccc4n(-c4ccccc4)c3c2)cc1. The van der Waals surface area contributed by atoms with Crippen LogP contribution in [0.2, 0.25) is 0 Å². The van der Waals surface area contributed by atoms with E-state index in [1.165, 1.54) is 99.8 Å². The van der Waals surface area contributed by atoms with Gasteiger partial charge >= 0.3 is 0 Å². The van der Waals surface area contributed by atoms with Gasteiger partial charge in [0.1, 0.15) is 0 Å². The molecular formula is C80H51N3. The maximum Gasteiger partial charge on any atom is 0.0726 e. The predicted molar refractivity (Wildman–Crippen MR) is 343 cm³/mol. The van der Waals surface area contributed by atoms with E-state index in [1.54, 1.807) is 0 Å².